The molecule has 0 heterocycles. The monoisotopic (exact) mass is 149 g/mol. The highest BCUT2D eigenvalue weighted by Gasteiger charge is 1.94. The molecule has 1 rings (SSSR count). The Bertz CT molecular complexity index is 218. The molecule has 0 unspecified atom stereocenters. The first-order valence-corrected chi connectivity index (χ1v) is 4.05. The summed E-state index contributed by atoms with van der Waals surface area (Å²) >= 11 is 0. The van der Waals surface area contributed by atoms with Crippen molar-refractivity contribution in [1.29, 1.82) is 0 Å². The molecule has 1 aromatic carbocycles. The molecule has 0 spiro atoms. The fourth-order valence-corrected chi connectivity index (χ4v) is 1.27. The molecule has 0 aliphatic carbocycles. The Kier molecular flexibility index (Phi) is 2.66. The zero-order valence-corrected chi connectivity index (χ0v) is 7.22. The minimum atomic E-state index is 0.648. The van der Waals surface area contributed by atoms with Gasteiger partial charge in [0.05, 0.1) is 0 Å². The van der Waals surface area contributed by atoms with Gasteiger partial charge in [0.1, 0.15) is 0 Å². The second kappa shape index (κ2) is 3.54. The van der Waals surface area contributed by atoms with Crippen LogP contribution in [0.1, 0.15) is 23.6 Å². The highest BCUT2D eigenvalue weighted by atomic mass is 14.5. The van der Waals surface area contributed by atoms with E-state index in [9.17, 15) is 0 Å². The van der Waals surface area contributed by atoms with Gasteiger partial charge in [-0.15, -0.1) is 0 Å². The smallest absolute Gasteiger partial charge is 0.0178 e. The summed E-state index contributed by atoms with van der Waals surface area (Å²) in [5.74, 6) is 0. The summed E-state index contributed by atoms with van der Waals surface area (Å²) in [7, 11) is 0. The first-order chi connectivity index (χ1) is 5.26. The van der Waals surface area contributed by atoms with Crippen molar-refractivity contribution < 1.29 is 0 Å². The van der Waals surface area contributed by atoms with Gasteiger partial charge in [0.2, 0.25) is 0 Å². The van der Waals surface area contributed by atoms with Gasteiger partial charge in [-0.25, -0.2) is 0 Å². The Balaban J connectivity index is 3.02. The lowest BCUT2D eigenvalue weighted by molar-refractivity contribution is 1.04. The van der Waals surface area contributed by atoms with E-state index in [1.165, 1.54) is 16.7 Å². The molecule has 0 aliphatic heterocycles. The van der Waals surface area contributed by atoms with Crippen LogP contribution in [0.5, 0.6) is 0 Å². The molecule has 1 aromatic rings. The molecular weight excluding hydrogens is 134 g/mol. The predicted octanol–water partition coefficient (Wildman–Crippen LogP) is 2.02. The maximum absolute atomic E-state index is 5.54. The Morgan fingerprint density at radius 1 is 1.18 bits per heavy atom. The van der Waals surface area contributed by atoms with Crippen molar-refractivity contribution in [3.63, 3.8) is 0 Å². The number of benzene rings is 1. The third kappa shape index (κ3) is 2.05. The molecule has 0 fully saturated rings. The van der Waals surface area contributed by atoms with Gasteiger partial charge in [0, 0.05) is 6.54 Å². The fourth-order valence-electron chi connectivity index (χ4n) is 1.27. The fraction of sp³-hybridized carbons (Fsp3) is 0.400. The molecule has 0 bridgehead atoms. The predicted molar refractivity (Wildman–Crippen MR) is 48.4 cm³/mol. The Morgan fingerprint density at radius 3 is 2.36 bits per heavy atom. The number of nitrogens with two attached hydrogens (primary N) is 1. The molecule has 1 heteroatoms. The van der Waals surface area contributed by atoms with E-state index in [-0.39, 0.29) is 0 Å². The molecule has 11 heavy (non-hydrogen) atoms. The average molecular weight is 149 g/mol. The third-order valence-electron chi connectivity index (χ3n) is 1.84. The van der Waals surface area contributed by atoms with E-state index >= 15 is 0 Å². The Labute approximate surface area is 68.2 Å². The second-order valence-corrected chi connectivity index (χ2v) is 2.88. The van der Waals surface area contributed by atoms with Crippen molar-refractivity contribution in [2.24, 2.45) is 5.73 Å². The van der Waals surface area contributed by atoms with E-state index in [0.717, 1.165) is 6.42 Å². The van der Waals surface area contributed by atoms with Crippen LogP contribution in [0.15, 0.2) is 18.2 Å². The lowest BCUT2D eigenvalue weighted by atomic mass is 10.1. The largest absolute Gasteiger partial charge is 0.326 e. The lowest BCUT2D eigenvalue weighted by Gasteiger charge is -2.02. The average Bonchev–Trinajstić information content (AvgIpc) is 2.03. The van der Waals surface area contributed by atoms with Crippen molar-refractivity contribution in [2.75, 3.05) is 0 Å². The zero-order valence-electron chi connectivity index (χ0n) is 7.22. The molecule has 2 N–H and O–H groups in total. The van der Waals surface area contributed by atoms with Gasteiger partial charge in [-0.05, 0) is 24.5 Å². The van der Waals surface area contributed by atoms with Crippen LogP contribution < -0.4 is 5.73 Å². The molecule has 60 valence electrons. The molecule has 0 saturated carbocycles. The van der Waals surface area contributed by atoms with Crippen molar-refractivity contribution in [3.05, 3.63) is 34.9 Å². The van der Waals surface area contributed by atoms with Crippen molar-refractivity contribution in [3.8, 4) is 0 Å². The van der Waals surface area contributed by atoms with E-state index in [1.807, 2.05) is 0 Å². The summed E-state index contributed by atoms with van der Waals surface area (Å²) in [4.78, 5) is 0. The minimum absolute atomic E-state index is 0.648. The quantitative estimate of drug-likeness (QED) is 0.684. The van der Waals surface area contributed by atoms with Crippen LogP contribution in [0, 0.1) is 6.92 Å². The maximum Gasteiger partial charge on any atom is 0.0178 e. The van der Waals surface area contributed by atoms with Crippen molar-refractivity contribution in [1.82, 2.24) is 0 Å². The number of aryl methyl sites for hydroxylation is 2. The summed E-state index contributed by atoms with van der Waals surface area (Å²) in [6.07, 6.45) is 1.09. The number of hydrogen-bond donors (Lipinski definition) is 1. The van der Waals surface area contributed by atoms with E-state index in [0.29, 0.717) is 6.54 Å². The SMILES string of the molecule is CCc1cc(C)cc(CN)c1. The normalized spacial score (nSPS) is 10.1. The van der Waals surface area contributed by atoms with E-state index in [1.54, 1.807) is 0 Å². The maximum atomic E-state index is 5.54. The standard InChI is InChI=1S/C10H15N/c1-3-9-4-8(2)5-10(6-9)7-11/h4-6H,3,7,11H2,1-2H3. The van der Waals surface area contributed by atoms with Gasteiger partial charge >= 0.3 is 0 Å². The minimum Gasteiger partial charge on any atom is -0.326 e. The van der Waals surface area contributed by atoms with Crippen molar-refractivity contribution >= 4 is 0 Å². The van der Waals surface area contributed by atoms with Crippen LogP contribution in [0.3, 0.4) is 0 Å². The van der Waals surface area contributed by atoms with Crippen LogP contribution in [0.4, 0.5) is 0 Å². The van der Waals surface area contributed by atoms with Crippen LogP contribution >= 0.6 is 0 Å². The highest BCUT2D eigenvalue weighted by Crippen LogP contribution is 2.09. The summed E-state index contributed by atoms with van der Waals surface area (Å²) < 4.78 is 0. The topological polar surface area (TPSA) is 26.0 Å². The van der Waals surface area contributed by atoms with Gasteiger partial charge in [0.25, 0.3) is 0 Å². The summed E-state index contributed by atoms with van der Waals surface area (Å²) in [6, 6.07) is 6.52. The van der Waals surface area contributed by atoms with Crippen LogP contribution in [0.25, 0.3) is 0 Å². The molecular formula is C10H15N. The molecule has 0 aliphatic rings. The molecule has 0 saturated heterocycles. The first-order valence-electron chi connectivity index (χ1n) is 4.05. The zero-order chi connectivity index (χ0) is 8.27. The van der Waals surface area contributed by atoms with Crippen LogP contribution in [-0.4, -0.2) is 0 Å². The third-order valence-corrected chi connectivity index (χ3v) is 1.84. The van der Waals surface area contributed by atoms with Gasteiger partial charge in [-0.1, -0.05) is 30.7 Å². The Morgan fingerprint density at radius 2 is 1.82 bits per heavy atom. The van der Waals surface area contributed by atoms with E-state index in [2.05, 4.69) is 32.0 Å². The summed E-state index contributed by atoms with van der Waals surface area (Å²) in [6.45, 7) is 4.92. The molecule has 0 atom stereocenters. The molecule has 0 amide bonds. The molecule has 0 aromatic heterocycles. The number of rotatable bonds is 2. The first kappa shape index (κ1) is 8.28. The Hall–Kier alpha value is -0.820. The lowest BCUT2D eigenvalue weighted by Crippen LogP contribution is -1.97. The highest BCUT2D eigenvalue weighted by molar-refractivity contribution is 5.29. The van der Waals surface area contributed by atoms with Crippen molar-refractivity contribution in [2.45, 2.75) is 26.8 Å². The van der Waals surface area contributed by atoms with Crippen LogP contribution in [-0.2, 0) is 13.0 Å². The number of hydrogen-bond acceptors (Lipinski definition) is 1. The summed E-state index contributed by atoms with van der Waals surface area (Å²) in [5, 5.41) is 0. The van der Waals surface area contributed by atoms with E-state index in [4.69, 9.17) is 5.73 Å². The van der Waals surface area contributed by atoms with E-state index < -0.39 is 0 Å². The molecule has 0 radical (unpaired) electrons. The van der Waals surface area contributed by atoms with Gasteiger partial charge < -0.3 is 5.73 Å². The van der Waals surface area contributed by atoms with Gasteiger partial charge in [0.15, 0.2) is 0 Å². The van der Waals surface area contributed by atoms with Gasteiger partial charge in [-0.2, -0.15) is 0 Å². The van der Waals surface area contributed by atoms with Crippen LogP contribution in [0.2, 0.25) is 0 Å². The van der Waals surface area contributed by atoms with Gasteiger partial charge in [-0.3, -0.25) is 0 Å². The molecule has 1 nitrogen and oxygen atoms in total. The summed E-state index contributed by atoms with van der Waals surface area (Å²) in [5.41, 5.74) is 9.47. The second-order valence-electron chi connectivity index (χ2n) is 2.88.